The summed E-state index contributed by atoms with van der Waals surface area (Å²) in [6, 6.07) is 63.4. The third kappa shape index (κ3) is 5.19. The van der Waals surface area contributed by atoms with Crippen LogP contribution < -0.4 is 4.90 Å². The lowest BCUT2D eigenvalue weighted by Gasteiger charge is -2.20. The number of aliphatic imine (C=N–C) groups is 1. The van der Waals surface area contributed by atoms with Crippen LogP contribution in [0, 0.1) is 0 Å². The molecule has 10 rings (SSSR count). The molecule has 0 N–H and O–H groups in total. The van der Waals surface area contributed by atoms with E-state index in [0.717, 1.165) is 45.0 Å². The van der Waals surface area contributed by atoms with Crippen LogP contribution in [0.4, 0.5) is 17.1 Å². The quantitative estimate of drug-likeness (QED) is 0.177. The molecule has 0 saturated heterocycles. The van der Waals surface area contributed by atoms with Gasteiger partial charge in [0.2, 0.25) is 0 Å². The molecule has 244 valence electrons. The van der Waals surface area contributed by atoms with Crippen molar-refractivity contribution in [3.05, 3.63) is 193 Å². The third-order valence-electron chi connectivity index (χ3n) is 9.94. The van der Waals surface area contributed by atoms with E-state index >= 15 is 0 Å². The molecule has 0 spiro atoms. The Labute approximate surface area is 302 Å². The van der Waals surface area contributed by atoms with Crippen LogP contribution in [0.2, 0.25) is 0 Å². The molecule has 7 aromatic carbocycles. The normalized spacial score (nSPS) is 14.0. The molecule has 5 heteroatoms. The Morgan fingerprint density at radius 2 is 0.788 bits per heavy atom. The van der Waals surface area contributed by atoms with E-state index in [0.29, 0.717) is 17.5 Å². The van der Waals surface area contributed by atoms with E-state index < -0.39 is 0 Å². The summed E-state index contributed by atoms with van der Waals surface area (Å²) in [7, 11) is 0. The van der Waals surface area contributed by atoms with Crippen LogP contribution in [0.1, 0.15) is 17.0 Å². The zero-order chi connectivity index (χ0) is 34.4. The van der Waals surface area contributed by atoms with Crippen molar-refractivity contribution in [2.24, 2.45) is 4.99 Å². The van der Waals surface area contributed by atoms with Gasteiger partial charge in [0.25, 0.3) is 0 Å². The Morgan fingerprint density at radius 3 is 1.37 bits per heavy atom. The van der Waals surface area contributed by atoms with Crippen LogP contribution >= 0.6 is 0 Å². The molecule has 1 unspecified atom stereocenters. The molecule has 0 aliphatic carbocycles. The van der Waals surface area contributed by atoms with Crippen molar-refractivity contribution in [1.29, 1.82) is 0 Å². The van der Waals surface area contributed by atoms with Gasteiger partial charge in [-0.1, -0.05) is 146 Å². The Kier molecular flexibility index (Phi) is 7.14. The summed E-state index contributed by atoms with van der Waals surface area (Å²) in [5, 5.41) is 0. The first-order valence-electron chi connectivity index (χ1n) is 17.5. The van der Waals surface area contributed by atoms with Gasteiger partial charge in [-0.25, -0.2) is 19.9 Å². The first-order chi connectivity index (χ1) is 25.8. The second-order valence-electron chi connectivity index (χ2n) is 13.1. The second kappa shape index (κ2) is 12.4. The third-order valence-corrected chi connectivity index (χ3v) is 9.94. The molecule has 0 amide bonds. The highest BCUT2D eigenvalue weighted by Crippen LogP contribution is 2.53. The first-order valence-corrected chi connectivity index (χ1v) is 17.5. The maximum atomic E-state index is 5.26. The van der Waals surface area contributed by atoms with Gasteiger partial charge in [0, 0.05) is 22.4 Å². The van der Waals surface area contributed by atoms with Gasteiger partial charge in [0.05, 0.1) is 17.3 Å². The molecule has 0 radical (unpaired) electrons. The van der Waals surface area contributed by atoms with E-state index in [2.05, 4.69) is 126 Å². The van der Waals surface area contributed by atoms with Gasteiger partial charge in [-0.15, -0.1) is 0 Å². The number of hydrogen-bond donors (Lipinski definition) is 0. The summed E-state index contributed by atoms with van der Waals surface area (Å²) in [5.41, 5.74) is 13.3. The van der Waals surface area contributed by atoms with Crippen molar-refractivity contribution in [3.63, 3.8) is 0 Å². The first kappa shape index (κ1) is 29.9. The molecule has 2 aliphatic heterocycles. The number of amidine groups is 1. The second-order valence-corrected chi connectivity index (χ2v) is 13.1. The van der Waals surface area contributed by atoms with Gasteiger partial charge in [-0.3, -0.25) is 4.90 Å². The van der Waals surface area contributed by atoms with Crippen molar-refractivity contribution in [3.8, 4) is 56.4 Å². The minimum Gasteiger partial charge on any atom is -0.297 e. The fraction of sp³-hybridized carbons (Fsp3) is 0.0213. The van der Waals surface area contributed by atoms with Crippen molar-refractivity contribution >= 4 is 22.9 Å². The van der Waals surface area contributed by atoms with E-state index in [1.54, 1.807) is 0 Å². The molecule has 1 aromatic heterocycles. The molecule has 0 bridgehead atoms. The summed E-state index contributed by atoms with van der Waals surface area (Å²) in [5.74, 6) is 3.03. The van der Waals surface area contributed by atoms with Crippen LogP contribution in [-0.4, -0.2) is 20.8 Å². The monoisotopic (exact) mass is 665 g/mol. The average Bonchev–Trinajstić information content (AvgIpc) is 3.76. The molecule has 8 aromatic rings. The number of benzene rings is 7. The minimum absolute atomic E-state index is 0.0334. The van der Waals surface area contributed by atoms with Crippen LogP contribution in [0.15, 0.2) is 187 Å². The van der Waals surface area contributed by atoms with E-state index in [9.17, 15) is 0 Å². The number of aromatic nitrogens is 3. The highest BCUT2D eigenvalue weighted by Gasteiger charge is 2.42. The Balaban J connectivity index is 1.03. The Morgan fingerprint density at radius 1 is 0.365 bits per heavy atom. The summed E-state index contributed by atoms with van der Waals surface area (Å²) < 4.78 is 0. The standard InChI is InChI=1S/C47H31N5/c1-5-13-31(14-6-1)37-26-28-42-40(30-37)43-39-29-36(25-27-41(39)48-47(43)52(42)38-19-11-4-12-20-38)32-21-23-35(24-22-32)46-50-44(33-15-7-2-8-16-33)49-45(51-46)34-17-9-3-10-18-34/h1-30,43H. The van der Waals surface area contributed by atoms with E-state index in [1.165, 1.54) is 27.9 Å². The van der Waals surface area contributed by atoms with Gasteiger partial charge in [0.15, 0.2) is 17.5 Å². The molecule has 0 fully saturated rings. The number of hydrogen-bond acceptors (Lipinski definition) is 5. The van der Waals surface area contributed by atoms with Crippen LogP contribution in [0.25, 0.3) is 56.4 Å². The highest BCUT2D eigenvalue weighted by molar-refractivity contribution is 6.18. The predicted molar refractivity (Wildman–Crippen MR) is 211 cm³/mol. The topological polar surface area (TPSA) is 54.3 Å². The number of anilines is 2. The van der Waals surface area contributed by atoms with Crippen molar-refractivity contribution in [2.45, 2.75) is 5.92 Å². The highest BCUT2D eigenvalue weighted by atomic mass is 15.2. The molecule has 3 heterocycles. The van der Waals surface area contributed by atoms with E-state index in [1.807, 2.05) is 60.7 Å². The molecular weight excluding hydrogens is 635 g/mol. The molecule has 5 nitrogen and oxygen atoms in total. The van der Waals surface area contributed by atoms with Crippen molar-refractivity contribution < 1.29 is 0 Å². The Bertz CT molecular complexity index is 2550. The molecule has 0 saturated carbocycles. The average molecular weight is 666 g/mol. The molecular formula is C47H31N5. The number of para-hydroxylation sites is 1. The summed E-state index contributed by atoms with van der Waals surface area (Å²) >= 11 is 0. The van der Waals surface area contributed by atoms with Crippen LogP contribution in [-0.2, 0) is 0 Å². The Hall–Kier alpha value is -6.98. The number of rotatable bonds is 6. The van der Waals surface area contributed by atoms with Crippen molar-refractivity contribution in [1.82, 2.24) is 15.0 Å². The zero-order valence-corrected chi connectivity index (χ0v) is 28.1. The summed E-state index contributed by atoms with van der Waals surface area (Å²) in [6.07, 6.45) is 0. The van der Waals surface area contributed by atoms with Gasteiger partial charge in [-0.2, -0.15) is 0 Å². The lowest BCUT2D eigenvalue weighted by atomic mass is 9.89. The fourth-order valence-corrected chi connectivity index (χ4v) is 7.40. The molecule has 2 aliphatic rings. The van der Waals surface area contributed by atoms with Crippen molar-refractivity contribution in [2.75, 3.05) is 4.90 Å². The van der Waals surface area contributed by atoms with Crippen LogP contribution in [0.3, 0.4) is 0 Å². The SMILES string of the molecule is c1ccc(-c2ccc3c(c2)C2C(=Nc4ccc(-c5ccc(-c6nc(-c7ccccc7)nc(-c7ccccc7)n6)cc5)cc42)N3c2ccccc2)cc1. The zero-order valence-electron chi connectivity index (χ0n) is 28.1. The lowest BCUT2D eigenvalue weighted by molar-refractivity contribution is 1.07. The molecule has 52 heavy (non-hydrogen) atoms. The van der Waals surface area contributed by atoms with E-state index in [-0.39, 0.29) is 5.92 Å². The number of fused-ring (bicyclic) bond motifs is 5. The van der Waals surface area contributed by atoms with E-state index in [4.69, 9.17) is 19.9 Å². The fourth-order valence-electron chi connectivity index (χ4n) is 7.40. The summed E-state index contributed by atoms with van der Waals surface area (Å²) in [4.78, 5) is 22.3. The molecule has 1 atom stereocenters. The maximum absolute atomic E-state index is 5.26. The number of nitrogens with zero attached hydrogens (tertiary/aromatic N) is 5. The van der Waals surface area contributed by atoms with Gasteiger partial charge in [0.1, 0.15) is 5.84 Å². The van der Waals surface area contributed by atoms with Crippen LogP contribution in [0.5, 0.6) is 0 Å². The predicted octanol–water partition coefficient (Wildman–Crippen LogP) is 11.5. The lowest BCUT2D eigenvalue weighted by Crippen LogP contribution is -2.22. The minimum atomic E-state index is 0.0334. The van der Waals surface area contributed by atoms with Gasteiger partial charge >= 0.3 is 0 Å². The van der Waals surface area contributed by atoms with Gasteiger partial charge < -0.3 is 0 Å². The largest absolute Gasteiger partial charge is 0.297 e. The van der Waals surface area contributed by atoms with Gasteiger partial charge in [-0.05, 0) is 69.8 Å². The maximum Gasteiger partial charge on any atom is 0.164 e. The summed E-state index contributed by atoms with van der Waals surface area (Å²) in [6.45, 7) is 0. The smallest absolute Gasteiger partial charge is 0.164 e.